The average molecular weight is 480 g/mol. The van der Waals surface area contributed by atoms with Crippen molar-refractivity contribution in [3.63, 3.8) is 0 Å². The molecule has 7 atom stereocenters. The minimum Gasteiger partial charge on any atom is -0.507 e. The molecular formula is C22H24O12. The predicted octanol–water partition coefficient (Wildman–Crippen LogP) is -1.04. The molecule has 0 saturated carbocycles. The number of phenols is 2. The topological polar surface area (TPSA) is 196 Å². The highest BCUT2D eigenvalue weighted by atomic mass is 16.7. The number of methoxy groups -OCH3 is 1. The van der Waals surface area contributed by atoms with E-state index in [2.05, 4.69) is 0 Å². The number of rotatable bonds is 5. The molecule has 2 aliphatic heterocycles. The minimum atomic E-state index is -1.70. The van der Waals surface area contributed by atoms with E-state index in [9.17, 15) is 40.5 Å². The number of Topliss-reactive ketones (excluding diaryl/α,β-unsaturated/α-hetero) is 1. The van der Waals surface area contributed by atoms with Gasteiger partial charge in [-0.25, -0.2) is 0 Å². The maximum atomic E-state index is 12.8. The molecule has 2 unspecified atom stereocenters. The van der Waals surface area contributed by atoms with Gasteiger partial charge < -0.3 is 54.7 Å². The predicted molar refractivity (Wildman–Crippen MR) is 111 cm³/mol. The molecule has 0 aliphatic carbocycles. The average Bonchev–Trinajstić information content (AvgIpc) is 2.81. The number of ketones is 1. The molecule has 2 aromatic rings. The van der Waals surface area contributed by atoms with Gasteiger partial charge in [0.25, 0.3) is 0 Å². The van der Waals surface area contributed by atoms with Gasteiger partial charge in [-0.2, -0.15) is 0 Å². The van der Waals surface area contributed by atoms with Crippen LogP contribution in [0.5, 0.6) is 28.7 Å². The third kappa shape index (κ3) is 4.11. The first kappa shape index (κ1) is 24.0. The number of aliphatic hydroxyl groups excluding tert-OH is 5. The van der Waals surface area contributed by atoms with Gasteiger partial charge in [-0.05, 0) is 17.7 Å². The summed E-state index contributed by atoms with van der Waals surface area (Å²) >= 11 is 0. The molecule has 0 radical (unpaired) electrons. The summed E-state index contributed by atoms with van der Waals surface area (Å²) in [6.07, 6.45) is -10.6. The zero-order valence-electron chi connectivity index (χ0n) is 17.8. The summed E-state index contributed by atoms with van der Waals surface area (Å²) in [7, 11) is 1.33. The van der Waals surface area contributed by atoms with Crippen LogP contribution in [0.3, 0.4) is 0 Å². The van der Waals surface area contributed by atoms with E-state index in [1.165, 1.54) is 31.4 Å². The van der Waals surface area contributed by atoms with E-state index in [0.29, 0.717) is 5.56 Å². The summed E-state index contributed by atoms with van der Waals surface area (Å²) in [5.41, 5.74) is 0.0107. The van der Waals surface area contributed by atoms with Gasteiger partial charge in [0.1, 0.15) is 47.2 Å². The number of phenolic OH excluding ortho intramolecular Hbond substituents is 2. The van der Waals surface area contributed by atoms with Crippen molar-refractivity contribution >= 4 is 5.78 Å². The molecule has 34 heavy (non-hydrogen) atoms. The molecule has 2 heterocycles. The molecule has 1 saturated heterocycles. The van der Waals surface area contributed by atoms with Crippen molar-refractivity contribution in [3.8, 4) is 28.7 Å². The summed E-state index contributed by atoms with van der Waals surface area (Å²) in [6.45, 7) is -0.659. The SMILES string of the molecule is COc1cc(C2Oc3cc(O[C@@H]4O[C@H](CO)[C@@H](O)[C@H](O)[C@H]4O)cc(O)c3C(=O)C2O)ccc1O. The van der Waals surface area contributed by atoms with Crippen LogP contribution in [-0.4, -0.2) is 92.1 Å². The normalized spacial score (nSPS) is 30.9. The number of aromatic hydroxyl groups is 2. The molecule has 12 nitrogen and oxygen atoms in total. The van der Waals surface area contributed by atoms with Gasteiger partial charge in [0.05, 0.1) is 13.7 Å². The highest BCUT2D eigenvalue weighted by Crippen LogP contribution is 2.43. The maximum absolute atomic E-state index is 12.8. The molecule has 1 fully saturated rings. The fourth-order valence-electron chi connectivity index (χ4n) is 3.89. The number of hydrogen-bond acceptors (Lipinski definition) is 12. The van der Waals surface area contributed by atoms with Crippen molar-refractivity contribution in [2.75, 3.05) is 13.7 Å². The summed E-state index contributed by atoms with van der Waals surface area (Å²) in [6, 6.07) is 6.36. The lowest BCUT2D eigenvalue weighted by Crippen LogP contribution is -2.60. The number of ether oxygens (including phenoxy) is 4. The number of aliphatic hydroxyl groups is 5. The second-order valence-electron chi connectivity index (χ2n) is 7.91. The van der Waals surface area contributed by atoms with Crippen molar-refractivity contribution in [1.82, 2.24) is 0 Å². The molecule has 4 rings (SSSR count). The molecule has 12 heteroatoms. The van der Waals surface area contributed by atoms with Gasteiger partial charge >= 0.3 is 0 Å². The van der Waals surface area contributed by atoms with Gasteiger partial charge in [-0.3, -0.25) is 4.79 Å². The molecule has 0 aromatic heterocycles. The summed E-state index contributed by atoms with van der Waals surface area (Å²) in [5, 5.41) is 70.1. The van der Waals surface area contributed by atoms with Crippen molar-refractivity contribution in [3.05, 3.63) is 41.5 Å². The van der Waals surface area contributed by atoms with Crippen LogP contribution in [0.4, 0.5) is 0 Å². The number of benzene rings is 2. The highest BCUT2D eigenvalue weighted by Gasteiger charge is 2.45. The van der Waals surface area contributed by atoms with Crippen LogP contribution in [0, 0.1) is 0 Å². The first-order valence-electron chi connectivity index (χ1n) is 10.3. The fourth-order valence-corrected chi connectivity index (χ4v) is 3.89. The Morgan fingerprint density at radius 2 is 1.71 bits per heavy atom. The van der Waals surface area contributed by atoms with Crippen molar-refractivity contribution < 1.29 is 59.5 Å². The van der Waals surface area contributed by atoms with Gasteiger partial charge in [-0.1, -0.05) is 6.07 Å². The molecule has 0 spiro atoms. The van der Waals surface area contributed by atoms with Gasteiger partial charge in [0.2, 0.25) is 12.1 Å². The van der Waals surface area contributed by atoms with Gasteiger partial charge in [-0.15, -0.1) is 0 Å². The molecule has 2 aromatic carbocycles. The lowest BCUT2D eigenvalue weighted by atomic mass is 9.92. The first-order valence-corrected chi connectivity index (χ1v) is 10.3. The Hall–Kier alpha value is -3.13. The van der Waals surface area contributed by atoms with E-state index in [-0.39, 0.29) is 28.6 Å². The Bertz CT molecular complexity index is 1070. The van der Waals surface area contributed by atoms with E-state index < -0.39 is 61.1 Å². The molecular weight excluding hydrogens is 456 g/mol. The van der Waals surface area contributed by atoms with Crippen LogP contribution >= 0.6 is 0 Å². The standard InChI is InChI=1S/C22H24O12/c1-31-12-4-8(2-3-10(12)24)21-19(29)17(27)15-11(25)5-9(6-13(15)33-21)32-22-20(30)18(28)16(26)14(7-23)34-22/h2-6,14,16,18-26,28-30H,7H2,1H3/t14-,16-,18+,19?,20-,21?,22-/m1/s1. The van der Waals surface area contributed by atoms with Gasteiger partial charge in [0.15, 0.2) is 23.7 Å². The van der Waals surface area contributed by atoms with E-state index in [1.54, 1.807) is 0 Å². The summed E-state index contributed by atoms with van der Waals surface area (Å²) < 4.78 is 21.6. The third-order valence-electron chi connectivity index (χ3n) is 5.74. The zero-order chi connectivity index (χ0) is 24.7. The number of carbonyl (C=O) groups excluding carboxylic acids is 1. The van der Waals surface area contributed by atoms with Crippen molar-refractivity contribution in [1.29, 1.82) is 0 Å². The van der Waals surface area contributed by atoms with E-state index in [0.717, 1.165) is 6.07 Å². The Morgan fingerprint density at radius 3 is 2.38 bits per heavy atom. The number of fused-ring (bicyclic) bond motifs is 1. The van der Waals surface area contributed by atoms with E-state index in [1.807, 2.05) is 0 Å². The van der Waals surface area contributed by atoms with Crippen LogP contribution in [-0.2, 0) is 4.74 Å². The van der Waals surface area contributed by atoms with Crippen molar-refractivity contribution in [2.24, 2.45) is 0 Å². The zero-order valence-corrected chi connectivity index (χ0v) is 17.8. The quantitative estimate of drug-likeness (QED) is 0.275. The maximum Gasteiger partial charge on any atom is 0.229 e. The van der Waals surface area contributed by atoms with Crippen molar-refractivity contribution in [2.45, 2.75) is 42.9 Å². The first-order chi connectivity index (χ1) is 16.2. The van der Waals surface area contributed by atoms with Crippen LogP contribution in [0.15, 0.2) is 30.3 Å². The summed E-state index contributed by atoms with van der Waals surface area (Å²) in [5.74, 6) is -1.75. The molecule has 184 valence electrons. The molecule has 7 N–H and O–H groups in total. The lowest BCUT2D eigenvalue weighted by Gasteiger charge is -2.39. The monoisotopic (exact) mass is 480 g/mol. The van der Waals surface area contributed by atoms with Gasteiger partial charge in [0, 0.05) is 12.1 Å². The Morgan fingerprint density at radius 1 is 0.971 bits per heavy atom. The molecule has 0 bridgehead atoms. The Kier molecular flexibility index (Phi) is 6.53. The fraction of sp³-hybridized carbons (Fsp3) is 0.409. The highest BCUT2D eigenvalue weighted by molar-refractivity contribution is 6.05. The molecule has 2 aliphatic rings. The number of hydrogen-bond donors (Lipinski definition) is 7. The van der Waals surface area contributed by atoms with E-state index in [4.69, 9.17) is 18.9 Å². The van der Waals surface area contributed by atoms with Crippen LogP contribution in [0.25, 0.3) is 0 Å². The van der Waals surface area contributed by atoms with Crippen LogP contribution < -0.4 is 14.2 Å². The number of carbonyl (C=O) groups is 1. The van der Waals surface area contributed by atoms with Crippen LogP contribution in [0.2, 0.25) is 0 Å². The molecule has 0 amide bonds. The van der Waals surface area contributed by atoms with E-state index >= 15 is 0 Å². The summed E-state index contributed by atoms with van der Waals surface area (Å²) in [4.78, 5) is 12.8. The Balaban J connectivity index is 1.64. The second-order valence-corrected chi connectivity index (χ2v) is 7.91. The lowest BCUT2D eigenvalue weighted by molar-refractivity contribution is -0.277. The largest absolute Gasteiger partial charge is 0.507 e. The third-order valence-corrected chi connectivity index (χ3v) is 5.74. The smallest absolute Gasteiger partial charge is 0.229 e. The second kappa shape index (κ2) is 9.25. The van der Waals surface area contributed by atoms with Crippen LogP contribution in [0.1, 0.15) is 22.0 Å². The Labute approximate surface area is 192 Å². The minimum absolute atomic E-state index is 0.0918.